The molecule has 0 amide bonds. The van der Waals surface area contributed by atoms with Crippen LogP contribution < -0.4 is 5.56 Å². The lowest BCUT2D eigenvalue weighted by Crippen LogP contribution is -2.32. The van der Waals surface area contributed by atoms with Gasteiger partial charge in [-0.2, -0.15) is 5.26 Å². The number of aliphatic carboxylic acids is 1. The molecule has 5 nitrogen and oxygen atoms in total. The first-order valence-electron chi connectivity index (χ1n) is 4.88. The van der Waals surface area contributed by atoms with Crippen molar-refractivity contribution in [2.45, 2.75) is 26.3 Å². The van der Waals surface area contributed by atoms with Gasteiger partial charge in [0.25, 0.3) is 5.56 Å². The van der Waals surface area contributed by atoms with Crippen molar-refractivity contribution in [3.8, 4) is 6.07 Å². The van der Waals surface area contributed by atoms with Gasteiger partial charge in [0.1, 0.15) is 17.7 Å². The van der Waals surface area contributed by atoms with Gasteiger partial charge in [-0.15, -0.1) is 0 Å². The van der Waals surface area contributed by atoms with E-state index in [9.17, 15) is 9.59 Å². The highest BCUT2D eigenvalue weighted by atomic mass is 16.4. The van der Waals surface area contributed by atoms with Gasteiger partial charge < -0.3 is 5.11 Å². The van der Waals surface area contributed by atoms with E-state index >= 15 is 0 Å². The predicted molar refractivity (Wildman–Crippen MR) is 57.1 cm³/mol. The van der Waals surface area contributed by atoms with E-state index < -0.39 is 17.6 Å². The highest BCUT2D eigenvalue weighted by molar-refractivity contribution is 5.72. The van der Waals surface area contributed by atoms with E-state index in [0.717, 1.165) is 4.57 Å². The van der Waals surface area contributed by atoms with E-state index in [1.807, 2.05) is 0 Å². The molecule has 1 aromatic rings. The Kier molecular flexibility index (Phi) is 3.46. The number of pyridine rings is 1. The molecule has 0 spiro atoms. The summed E-state index contributed by atoms with van der Waals surface area (Å²) in [7, 11) is 0. The van der Waals surface area contributed by atoms with Crippen molar-refractivity contribution in [1.82, 2.24) is 4.57 Å². The Labute approximate surface area is 92.6 Å². The average Bonchev–Trinajstić information content (AvgIpc) is 2.23. The largest absolute Gasteiger partial charge is 0.480 e. The van der Waals surface area contributed by atoms with Crippen molar-refractivity contribution in [2.75, 3.05) is 0 Å². The molecule has 5 heteroatoms. The molecule has 1 atom stereocenters. The van der Waals surface area contributed by atoms with E-state index in [4.69, 9.17) is 10.4 Å². The maximum absolute atomic E-state index is 11.8. The second kappa shape index (κ2) is 4.62. The Morgan fingerprint density at radius 3 is 2.69 bits per heavy atom. The number of carboxylic acid groups (broad SMARTS) is 1. The van der Waals surface area contributed by atoms with Crippen molar-refractivity contribution in [1.29, 1.82) is 5.26 Å². The number of hydrogen-bond donors (Lipinski definition) is 1. The summed E-state index contributed by atoms with van der Waals surface area (Å²) < 4.78 is 1.15. The summed E-state index contributed by atoms with van der Waals surface area (Å²) >= 11 is 0. The van der Waals surface area contributed by atoms with Crippen molar-refractivity contribution < 1.29 is 9.90 Å². The molecular formula is C11H12N2O3. The van der Waals surface area contributed by atoms with Crippen LogP contribution in [0.1, 0.15) is 30.6 Å². The number of aromatic nitrogens is 1. The molecule has 1 N–H and O–H groups in total. The predicted octanol–water partition coefficient (Wildman–Crippen LogP) is 1.06. The first-order chi connectivity index (χ1) is 7.52. The van der Waals surface area contributed by atoms with Gasteiger partial charge in [-0.05, 0) is 25.5 Å². The summed E-state index contributed by atoms with van der Waals surface area (Å²) in [5.41, 5.74) is -0.0414. The molecule has 1 aromatic heterocycles. The fraction of sp³-hybridized carbons (Fsp3) is 0.364. The number of aryl methyl sites for hydroxylation is 1. The van der Waals surface area contributed by atoms with E-state index in [1.165, 1.54) is 6.07 Å². The van der Waals surface area contributed by atoms with Gasteiger partial charge in [-0.3, -0.25) is 9.36 Å². The van der Waals surface area contributed by atoms with Gasteiger partial charge in [-0.25, -0.2) is 4.79 Å². The number of nitrogens with zero attached hydrogens (tertiary/aromatic N) is 2. The van der Waals surface area contributed by atoms with Crippen molar-refractivity contribution in [3.05, 3.63) is 33.7 Å². The van der Waals surface area contributed by atoms with Crippen molar-refractivity contribution in [3.63, 3.8) is 0 Å². The Morgan fingerprint density at radius 1 is 1.62 bits per heavy atom. The molecule has 1 heterocycles. The lowest BCUT2D eigenvalue weighted by atomic mass is 10.1. The van der Waals surface area contributed by atoms with Crippen LogP contribution in [-0.4, -0.2) is 15.6 Å². The Bertz CT molecular complexity index is 511. The highest BCUT2D eigenvalue weighted by Crippen LogP contribution is 2.12. The third-order valence-corrected chi connectivity index (χ3v) is 2.42. The number of hydrogen-bond acceptors (Lipinski definition) is 3. The zero-order chi connectivity index (χ0) is 12.3. The van der Waals surface area contributed by atoms with Crippen LogP contribution in [0.3, 0.4) is 0 Å². The Balaban J connectivity index is 3.49. The van der Waals surface area contributed by atoms with Crippen LogP contribution in [0.4, 0.5) is 0 Å². The molecule has 16 heavy (non-hydrogen) atoms. The first kappa shape index (κ1) is 12.0. The van der Waals surface area contributed by atoms with Crippen LogP contribution in [-0.2, 0) is 4.79 Å². The number of nitriles is 1. The number of carbonyl (C=O) groups is 1. The van der Waals surface area contributed by atoms with Crippen LogP contribution in [0.15, 0.2) is 16.9 Å². The summed E-state index contributed by atoms with van der Waals surface area (Å²) in [5.74, 6) is -1.07. The van der Waals surface area contributed by atoms with Gasteiger partial charge in [-0.1, -0.05) is 6.92 Å². The second-order valence-electron chi connectivity index (χ2n) is 3.44. The lowest BCUT2D eigenvalue weighted by Gasteiger charge is -2.16. The van der Waals surface area contributed by atoms with Crippen LogP contribution in [0.25, 0.3) is 0 Å². The standard InChI is InChI=1S/C11H12N2O3/c1-3-9(11(15)16)13-7(2)4-5-8(6-12)10(13)14/h4-5,9H,3H2,1-2H3,(H,15,16). The normalized spacial score (nSPS) is 11.8. The molecular weight excluding hydrogens is 208 g/mol. The van der Waals surface area contributed by atoms with Gasteiger partial charge in [0.05, 0.1) is 0 Å². The second-order valence-corrected chi connectivity index (χ2v) is 3.44. The molecule has 0 aliphatic heterocycles. The molecule has 0 aromatic carbocycles. The van der Waals surface area contributed by atoms with E-state index in [-0.39, 0.29) is 5.56 Å². The minimum Gasteiger partial charge on any atom is -0.480 e. The van der Waals surface area contributed by atoms with Crippen LogP contribution in [0.5, 0.6) is 0 Å². The third kappa shape index (κ3) is 1.96. The summed E-state index contributed by atoms with van der Waals surface area (Å²) in [6, 6.07) is 3.82. The fourth-order valence-electron chi connectivity index (χ4n) is 1.59. The van der Waals surface area contributed by atoms with E-state index in [2.05, 4.69) is 0 Å². The summed E-state index contributed by atoms with van der Waals surface area (Å²) in [4.78, 5) is 22.8. The number of carboxylic acids is 1. The Hall–Kier alpha value is -2.09. The molecule has 1 unspecified atom stereocenters. The lowest BCUT2D eigenvalue weighted by molar-refractivity contribution is -0.141. The molecule has 0 fully saturated rings. The quantitative estimate of drug-likeness (QED) is 0.825. The minimum absolute atomic E-state index is 0.0368. The van der Waals surface area contributed by atoms with Gasteiger partial charge in [0.2, 0.25) is 0 Å². The zero-order valence-corrected chi connectivity index (χ0v) is 9.10. The third-order valence-electron chi connectivity index (χ3n) is 2.42. The van der Waals surface area contributed by atoms with Crippen LogP contribution >= 0.6 is 0 Å². The minimum atomic E-state index is -1.07. The topological polar surface area (TPSA) is 83.1 Å². The average molecular weight is 220 g/mol. The maximum atomic E-state index is 11.8. The van der Waals surface area contributed by atoms with Crippen LogP contribution in [0.2, 0.25) is 0 Å². The molecule has 0 aliphatic carbocycles. The smallest absolute Gasteiger partial charge is 0.326 e. The van der Waals surface area contributed by atoms with Crippen molar-refractivity contribution >= 4 is 5.97 Å². The van der Waals surface area contributed by atoms with Crippen LogP contribution in [0, 0.1) is 18.3 Å². The summed E-state index contributed by atoms with van der Waals surface area (Å²) in [6.07, 6.45) is 0.297. The molecule has 0 radical (unpaired) electrons. The van der Waals surface area contributed by atoms with Gasteiger partial charge in [0.15, 0.2) is 0 Å². The van der Waals surface area contributed by atoms with E-state index in [0.29, 0.717) is 12.1 Å². The summed E-state index contributed by atoms with van der Waals surface area (Å²) in [5, 5.41) is 17.7. The SMILES string of the molecule is CCC(C(=O)O)n1c(C)ccc(C#N)c1=O. The van der Waals surface area contributed by atoms with Crippen molar-refractivity contribution in [2.24, 2.45) is 0 Å². The zero-order valence-electron chi connectivity index (χ0n) is 9.10. The Morgan fingerprint density at radius 2 is 2.25 bits per heavy atom. The van der Waals surface area contributed by atoms with E-state index in [1.54, 1.807) is 26.0 Å². The monoisotopic (exact) mass is 220 g/mol. The van der Waals surface area contributed by atoms with Gasteiger partial charge in [0, 0.05) is 5.69 Å². The molecule has 0 saturated heterocycles. The molecule has 1 rings (SSSR count). The maximum Gasteiger partial charge on any atom is 0.326 e. The fourth-order valence-corrected chi connectivity index (χ4v) is 1.59. The number of rotatable bonds is 3. The first-order valence-corrected chi connectivity index (χ1v) is 4.88. The molecule has 0 aliphatic rings. The summed E-state index contributed by atoms with van der Waals surface area (Å²) in [6.45, 7) is 3.33. The molecule has 0 saturated carbocycles. The molecule has 0 bridgehead atoms. The molecule has 84 valence electrons. The van der Waals surface area contributed by atoms with Gasteiger partial charge >= 0.3 is 5.97 Å². The highest BCUT2D eigenvalue weighted by Gasteiger charge is 2.21.